The van der Waals surface area contributed by atoms with Crippen molar-refractivity contribution in [2.24, 2.45) is 0 Å². The molecular weight excluding hydrogens is 204 g/mol. The molecule has 0 radical (unpaired) electrons. The lowest BCUT2D eigenvalue weighted by Gasteiger charge is -2.47. The van der Waals surface area contributed by atoms with Crippen LogP contribution in [0.2, 0.25) is 0 Å². The quantitative estimate of drug-likeness (QED) is 0.608. The number of nitrogens with one attached hydrogen (secondary N) is 2. The number of nitriles is 1. The molecule has 1 rings (SSSR count). The Bertz CT molecular complexity index is 278. The topological polar surface area (TPSA) is 68.2 Å². The molecule has 0 bridgehead atoms. The van der Waals surface area contributed by atoms with Gasteiger partial charge in [0.25, 0.3) is 0 Å². The third kappa shape index (κ3) is 3.19. The van der Waals surface area contributed by atoms with Crippen LogP contribution in [0, 0.1) is 11.3 Å². The van der Waals surface area contributed by atoms with Gasteiger partial charge in [-0.05, 0) is 33.4 Å². The fourth-order valence-electron chi connectivity index (χ4n) is 1.98. The maximum absolute atomic E-state index is 11.2. The van der Waals surface area contributed by atoms with Crippen LogP contribution in [0.25, 0.3) is 0 Å². The molecule has 1 saturated carbocycles. The van der Waals surface area contributed by atoms with E-state index in [4.69, 9.17) is 5.26 Å². The Morgan fingerprint density at radius 2 is 2.19 bits per heavy atom. The number of amides is 1. The van der Waals surface area contributed by atoms with E-state index in [2.05, 4.69) is 29.6 Å². The zero-order valence-electron chi connectivity index (χ0n) is 10.0. The highest BCUT2D eigenvalue weighted by Crippen LogP contribution is 2.35. The van der Waals surface area contributed by atoms with Gasteiger partial charge in [0.15, 0.2) is 0 Å². The van der Waals surface area contributed by atoms with Crippen molar-refractivity contribution in [3.63, 3.8) is 0 Å². The second kappa shape index (κ2) is 5.83. The second-order valence-corrected chi connectivity index (χ2v) is 4.51. The Kier molecular flexibility index (Phi) is 4.71. The predicted molar refractivity (Wildman–Crippen MR) is 61.8 cm³/mol. The zero-order valence-corrected chi connectivity index (χ0v) is 10.0. The Balaban J connectivity index is 2.19. The van der Waals surface area contributed by atoms with Crippen molar-refractivity contribution in [1.82, 2.24) is 15.5 Å². The fraction of sp³-hybridized carbons (Fsp3) is 0.818. The van der Waals surface area contributed by atoms with Gasteiger partial charge < -0.3 is 15.5 Å². The highest BCUT2D eigenvalue weighted by Gasteiger charge is 2.38. The van der Waals surface area contributed by atoms with Gasteiger partial charge in [-0.1, -0.05) is 0 Å². The molecule has 2 N–H and O–H groups in total. The molecule has 0 aromatic rings. The Morgan fingerprint density at radius 1 is 1.50 bits per heavy atom. The molecule has 0 saturated heterocycles. The largest absolute Gasteiger partial charge is 0.342 e. The van der Waals surface area contributed by atoms with Crippen molar-refractivity contribution in [2.75, 3.05) is 33.7 Å². The van der Waals surface area contributed by atoms with Crippen LogP contribution < -0.4 is 10.6 Å². The van der Waals surface area contributed by atoms with Gasteiger partial charge in [-0.25, -0.2) is 0 Å². The third-order valence-electron chi connectivity index (χ3n) is 3.34. The smallest absolute Gasteiger partial charge is 0.234 e. The highest BCUT2D eigenvalue weighted by atomic mass is 16.1. The predicted octanol–water partition coefficient (Wildman–Crippen LogP) is -0.300. The number of rotatable bonds is 6. The SMILES string of the molecule is CN(C)C1(CNCC(=O)NCC#N)CCC1. The van der Waals surface area contributed by atoms with Crippen molar-refractivity contribution in [3.8, 4) is 6.07 Å². The maximum atomic E-state index is 11.2. The Morgan fingerprint density at radius 3 is 2.62 bits per heavy atom. The van der Waals surface area contributed by atoms with Crippen LogP contribution in [0.1, 0.15) is 19.3 Å². The third-order valence-corrected chi connectivity index (χ3v) is 3.34. The summed E-state index contributed by atoms with van der Waals surface area (Å²) in [6, 6.07) is 1.88. The molecule has 0 atom stereocenters. The monoisotopic (exact) mass is 224 g/mol. The summed E-state index contributed by atoms with van der Waals surface area (Å²) in [6.45, 7) is 1.20. The van der Waals surface area contributed by atoms with Gasteiger partial charge in [-0.15, -0.1) is 0 Å². The molecule has 1 aliphatic rings. The number of likely N-dealkylation sites (N-methyl/N-ethyl adjacent to an activating group) is 1. The van der Waals surface area contributed by atoms with Crippen LogP contribution in [0.3, 0.4) is 0 Å². The van der Waals surface area contributed by atoms with Crippen molar-refractivity contribution >= 4 is 5.91 Å². The van der Waals surface area contributed by atoms with E-state index in [1.54, 1.807) is 0 Å². The Labute approximate surface area is 96.8 Å². The molecule has 0 unspecified atom stereocenters. The van der Waals surface area contributed by atoms with E-state index in [0.717, 1.165) is 6.54 Å². The molecule has 5 nitrogen and oxygen atoms in total. The summed E-state index contributed by atoms with van der Waals surface area (Å²) in [4.78, 5) is 13.5. The van der Waals surface area contributed by atoms with Gasteiger partial charge in [0.2, 0.25) is 5.91 Å². The van der Waals surface area contributed by atoms with E-state index >= 15 is 0 Å². The van der Waals surface area contributed by atoms with Gasteiger partial charge in [-0.2, -0.15) is 5.26 Å². The minimum absolute atomic E-state index is 0.0827. The van der Waals surface area contributed by atoms with Crippen LogP contribution in [0.4, 0.5) is 0 Å². The van der Waals surface area contributed by atoms with Crippen molar-refractivity contribution < 1.29 is 4.79 Å². The molecule has 1 aliphatic carbocycles. The van der Waals surface area contributed by atoms with E-state index in [1.807, 2.05) is 6.07 Å². The summed E-state index contributed by atoms with van der Waals surface area (Å²) < 4.78 is 0. The second-order valence-electron chi connectivity index (χ2n) is 4.51. The summed E-state index contributed by atoms with van der Waals surface area (Å²) in [5.74, 6) is -0.116. The zero-order chi connectivity index (χ0) is 12.0. The standard InChI is InChI=1S/C11H20N4O/c1-15(2)11(4-3-5-11)9-13-8-10(16)14-7-6-12/h13H,3-5,7-9H2,1-2H3,(H,14,16). The van der Waals surface area contributed by atoms with Crippen LogP contribution in [0.5, 0.6) is 0 Å². The normalized spacial score (nSPS) is 17.6. The summed E-state index contributed by atoms with van der Waals surface area (Å²) in [5.41, 5.74) is 0.232. The molecule has 0 heterocycles. The minimum Gasteiger partial charge on any atom is -0.342 e. The molecule has 0 aliphatic heterocycles. The molecule has 90 valence electrons. The fourth-order valence-corrected chi connectivity index (χ4v) is 1.98. The van der Waals surface area contributed by atoms with E-state index in [1.165, 1.54) is 19.3 Å². The van der Waals surface area contributed by atoms with Gasteiger partial charge in [0.05, 0.1) is 12.6 Å². The van der Waals surface area contributed by atoms with Gasteiger partial charge in [0.1, 0.15) is 6.54 Å². The van der Waals surface area contributed by atoms with Crippen LogP contribution in [-0.2, 0) is 4.79 Å². The maximum Gasteiger partial charge on any atom is 0.234 e. The Hall–Kier alpha value is -1.12. The van der Waals surface area contributed by atoms with Crippen molar-refractivity contribution in [2.45, 2.75) is 24.8 Å². The molecule has 16 heavy (non-hydrogen) atoms. The van der Waals surface area contributed by atoms with E-state index in [9.17, 15) is 4.79 Å². The number of hydrogen-bond acceptors (Lipinski definition) is 4. The molecule has 1 amide bonds. The molecule has 0 aromatic carbocycles. The molecule has 5 heteroatoms. The van der Waals surface area contributed by atoms with Crippen molar-refractivity contribution in [1.29, 1.82) is 5.26 Å². The van der Waals surface area contributed by atoms with Crippen molar-refractivity contribution in [3.05, 3.63) is 0 Å². The average Bonchev–Trinajstić information content (AvgIpc) is 2.18. The number of hydrogen-bond donors (Lipinski definition) is 2. The molecule has 0 aromatic heterocycles. The highest BCUT2D eigenvalue weighted by molar-refractivity contribution is 5.78. The van der Waals surface area contributed by atoms with Crippen LogP contribution in [-0.4, -0.2) is 50.1 Å². The summed E-state index contributed by atoms with van der Waals surface area (Å²) >= 11 is 0. The first-order valence-electron chi connectivity index (χ1n) is 5.62. The lowest BCUT2D eigenvalue weighted by molar-refractivity contribution is -0.120. The van der Waals surface area contributed by atoms with Gasteiger partial charge >= 0.3 is 0 Å². The molecular formula is C11H20N4O. The van der Waals surface area contributed by atoms with Crippen LogP contribution >= 0.6 is 0 Å². The average molecular weight is 224 g/mol. The molecule has 1 fully saturated rings. The van der Waals surface area contributed by atoms with Gasteiger partial charge in [0, 0.05) is 12.1 Å². The first-order chi connectivity index (χ1) is 7.60. The summed E-state index contributed by atoms with van der Waals surface area (Å²) in [6.07, 6.45) is 3.64. The summed E-state index contributed by atoms with van der Waals surface area (Å²) in [7, 11) is 4.16. The lowest BCUT2D eigenvalue weighted by atomic mass is 9.75. The number of carbonyl (C=O) groups excluding carboxylic acids is 1. The van der Waals surface area contributed by atoms with E-state index in [0.29, 0.717) is 0 Å². The number of carbonyl (C=O) groups is 1. The molecule has 0 spiro atoms. The van der Waals surface area contributed by atoms with Gasteiger partial charge in [-0.3, -0.25) is 4.79 Å². The lowest BCUT2D eigenvalue weighted by Crippen LogP contribution is -2.57. The number of nitrogens with zero attached hydrogens (tertiary/aromatic N) is 2. The van der Waals surface area contributed by atoms with E-state index in [-0.39, 0.29) is 24.5 Å². The first-order valence-corrected chi connectivity index (χ1v) is 5.62. The first kappa shape index (κ1) is 12.9. The summed E-state index contributed by atoms with van der Waals surface area (Å²) in [5, 5.41) is 14.0. The van der Waals surface area contributed by atoms with E-state index < -0.39 is 0 Å². The minimum atomic E-state index is -0.116. The van der Waals surface area contributed by atoms with Crippen LogP contribution in [0.15, 0.2) is 0 Å².